The van der Waals surface area contributed by atoms with Gasteiger partial charge in [0.05, 0.1) is 6.26 Å². The molecule has 0 atom stereocenters. The number of carbonyl (C=O) groups excluding carboxylic acids is 1. The van der Waals surface area contributed by atoms with Crippen molar-refractivity contribution in [3.8, 4) is 0 Å². The Labute approximate surface area is 54.8 Å². The van der Waals surface area contributed by atoms with E-state index in [1.165, 1.54) is 0 Å². The van der Waals surface area contributed by atoms with Crippen LogP contribution >= 0.6 is 0 Å². The number of ether oxygens (including phenoxy) is 1. The van der Waals surface area contributed by atoms with Crippen LogP contribution in [0.25, 0.3) is 0 Å². The highest BCUT2D eigenvalue weighted by Gasteiger charge is 2.01. The maximum absolute atomic E-state index is 10.6. The molecule has 0 unspecified atom stereocenters. The molecule has 0 rings (SSSR count). The van der Waals surface area contributed by atoms with Gasteiger partial charge in [-0.1, -0.05) is 20.1 Å². The molecule has 0 saturated carbocycles. The molecular formula is C7H10O2. The van der Waals surface area contributed by atoms with Crippen molar-refractivity contribution in [2.24, 2.45) is 0 Å². The van der Waals surface area contributed by atoms with Crippen molar-refractivity contribution >= 4 is 5.97 Å². The first kappa shape index (κ1) is 7.95. The molecule has 0 radical (unpaired) electrons. The second-order valence-corrected chi connectivity index (χ2v) is 1.53. The van der Waals surface area contributed by atoms with Gasteiger partial charge in [0.25, 0.3) is 0 Å². The summed E-state index contributed by atoms with van der Waals surface area (Å²) >= 11 is 0. The maximum Gasteiger partial charge on any atom is 0.338 e. The SMILES string of the molecule is C=COC(=O)C(=C)CC. The fourth-order valence-electron chi connectivity index (χ4n) is 0.303. The van der Waals surface area contributed by atoms with E-state index in [9.17, 15) is 4.79 Å². The van der Waals surface area contributed by atoms with Gasteiger partial charge in [0, 0.05) is 5.57 Å². The third kappa shape index (κ3) is 2.69. The molecule has 0 aliphatic rings. The Balaban J connectivity index is 3.73. The molecule has 2 heteroatoms. The lowest BCUT2D eigenvalue weighted by molar-refractivity contribution is -0.133. The van der Waals surface area contributed by atoms with E-state index in [0.717, 1.165) is 6.26 Å². The van der Waals surface area contributed by atoms with Crippen molar-refractivity contribution in [1.82, 2.24) is 0 Å². The van der Waals surface area contributed by atoms with E-state index in [2.05, 4.69) is 17.9 Å². The summed E-state index contributed by atoms with van der Waals surface area (Å²) in [5.74, 6) is -0.396. The van der Waals surface area contributed by atoms with Gasteiger partial charge in [0.1, 0.15) is 0 Å². The molecule has 0 aromatic heterocycles. The predicted octanol–water partition coefficient (Wildman–Crippen LogP) is 1.64. The van der Waals surface area contributed by atoms with Gasteiger partial charge in [-0.25, -0.2) is 4.79 Å². The predicted molar refractivity (Wildman–Crippen MR) is 35.7 cm³/mol. The molecule has 2 nitrogen and oxygen atoms in total. The summed E-state index contributed by atoms with van der Waals surface area (Å²) in [4.78, 5) is 10.6. The van der Waals surface area contributed by atoms with Crippen molar-refractivity contribution < 1.29 is 9.53 Å². The molecule has 0 amide bonds. The number of esters is 1. The van der Waals surface area contributed by atoms with E-state index in [1.807, 2.05) is 6.92 Å². The smallest absolute Gasteiger partial charge is 0.338 e. The molecule has 0 aliphatic carbocycles. The van der Waals surface area contributed by atoms with E-state index in [4.69, 9.17) is 0 Å². The van der Waals surface area contributed by atoms with Gasteiger partial charge in [-0.2, -0.15) is 0 Å². The first-order valence-electron chi connectivity index (χ1n) is 2.72. The lowest BCUT2D eigenvalue weighted by atomic mass is 10.2. The number of hydrogen-bond acceptors (Lipinski definition) is 2. The highest BCUT2D eigenvalue weighted by atomic mass is 16.5. The minimum Gasteiger partial charge on any atom is -0.432 e. The van der Waals surface area contributed by atoms with Gasteiger partial charge < -0.3 is 4.74 Å². The first-order chi connectivity index (χ1) is 4.22. The van der Waals surface area contributed by atoms with Gasteiger partial charge >= 0.3 is 5.97 Å². The lowest BCUT2D eigenvalue weighted by Crippen LogP contribution is -2.00. The molecule has 0 bridgehead atoms. The first-order valence-corrected chi connectivity index (χ1v) is 2.72. The second kappa shape index (κ2) is 3.89. The summed E-state index contributed by atoms with van der Waals surface area (Å²) < 4.78 is 4.42. The van der Waals surface area contributed by atoms with Crippen molar-refractivity contribution in [3.63, 3.8) is 0 Å². The molecule has 0 aromatic carbocycles. The van der Waals surface area contributed by atoms with Crippen LogP contribution in [0, 0.1) is 0 Å². The molecule has 0 heterocycles. The van der Waals surface area contributed by atoms with E-state index >= 15 is 0 Å². The van der Waals surface area contributed by atoms with Gasteiger partial charge in [-0.3, -0.25) is 0 Å². The van der Waals surface area contributed by atoms with Crippen LogP contribution in [0.4, 0.5) is 0 Å². The fraction of sp³-hybridized carbons (Fsp3) is 0.286. The van der Waals surface area contributed by atoms with E-state index in [-0.39, 0.29) is 0 Å². The molecular weight excluding hydrogens is 116 g/mol. The van der Waals surface area contributed by atoms with Crippen LogP contribution in [0.15, 0.2) is 25.0 Å². The molecule has 0 aromatic rings. The zero-order chi connectivity index (χ0) is 7.28. The Hall–Kier alpha value is -1.05. The van der Waals surface area contributed by atoms with Crippen molar-refractivity contribution in [2.45, 2.75) is 13.3 Å². The molecule has 0 spiro atoms. The van der Waals surface area contributed by atoms with E-state index in [0.29, 0.717) is 12.0 Å². The summed E-state index contributed by atoms with van der Waals surface area (Å²) in [6.45, 7) is 8.54. The molecule has 9 heavy (non-hydrogen) atoms. The highest BCUT2D eigenvalue weighted by molar-refractivity contribution is 5.87. The van der Waals surface area contributed by atoms with Gasteiger partial charge in [0.2, 0.25) is 0 Å². The van der Waals surface area contributed by atoms with Crippen LogP contribution in [-0.2, 0) is 9.53 Å². The molecule has 0 aliphatic heterocycles. The van der Waals surface area contributed by atoms with Crippen molar-refractivity contribution in [2.75, 3.05) is 0 Å². The van der Waals surface area contributed by atoms with Crippen LogP contribution in [0.5, 0.6) is 0 Å². The maximum atomic E-state index is 10.6. The minimum atomic E-state index is -0.396. The number of rotatable bonds is 3. The van der Waals surface area contributed by atoms with Crippen LogP contribution < -0.4 is 0 Å². The van der Waals surface area contributed by atoms with Crippen LogP contribution in [0.1, 0.15) is 13.3 Å². The third-order valence-corrected chi connectivity index (χ3v) is 0.906. The number of carbonyl (C=O) groups is 1. The Bertz CT molecular complexity index is 136. The molecule has 50 valence electrons. The van der Waals surface area contributed by atoms with Crippen molar-refractivity contribution in [1.29, 1.82) is 0 Å². The standard InChI is InChI=1S/C7H10O2/c1-4-6(3)7(8)9-5-2/h5H,2-4H2,1H3. The fourth-order valence-corrected chi connectivity index (χ4v) is 0.303. The summed E-state index contributed by atoms with van der Waals surface area (Å²) in [5.41, 5.74) is 0.468. The van der Waals surface area contributed by atoms with Crippen molar-refractivity contribution in [3.05, 3.63) is 25.0 Å². The highest BCUT2D eigenvalue weighted by Crippen LogP contribution is 1.98. The molecule has 0 fully saturated rings. The van der Waals surface area contributed by atoms with Gasteiger partial charge in [-0.15, -0.1) is 0 Å². The zero-order valence-corrected chi connectivity index (χ0v) is 5.52. The Kier molecular flexibility index (Phi) is 3.44. The monoisotopic (exact) mass is 126 g/mol. The number of hydrogen-bond donors (Lipinski definition) is 0. The Morgan fingerprint density at radius 1 is 1.78 bits per heavy atom. The average molecular weight is 126 g/mol. The Morgan fingerprint density at radius 3 is 2.67 bits per heavy atom. The summed E-state index contributed by atoms with van der Waals surface area (Å²) in [6.07, 6.45) is 1.72. The van der Waals surface area contributed by atoms with E-state index in [1.54, 1.807) is 0 Å². The second-order valence-electron chi connectivity index (χ2n) is 1.53. The third-order valence-electron chi connectivity index (χ3n) is 0.906. The van der Waals surface area contributed by atoms with Crippen LogP contribution in [0.2, 0.25) is 0 Å². The minimum absolute atomic E-state index is 0.396. The summed E-state index contributed by atoms with van der Waals surface area (Å²) in [7, 11) is 0. The summed E-state index contributed by atoms with van der Waals surface area (Å²) in [6, 6.07) is 0. The lowest BCUT2D eigenvalue weighted by Gasteiger charge is -1.96. The summed E-state index contributed by atoms with van der Waals surface area (Å²) in [5, 5.41) is 0. The van der Waals surface area contributed by atoms with Crippen LogP contribution in [-0.4, -0.2) is 5.97 Å². The molecule has 0 saturated heterocycles. The quantitative estimate of drug-likeness (QED) is 0.326. The normalized spacial score (nSPS) is 8.11. The van der Waals surface area contributed by atoms with Gasteiger partial charge in [0.15, 0.2) is 0 Å². The molecule has 0 N–H and O–H groups in total. The Morgan fingerprint density at radius 2 is 2.33 bits per heavy atom. The van der Waals surface area contributed by atoms with Gasteiger partial charge in [-0.05, 0) is 6.42 Å². The average Bonchev–Trinajstić information content (AvgIpc) is 1.87. The van der Waals surface area contributed by atoms with Crippen LogP contribution in [0.3, 0.4) is 0 Å². The van der Waals surface area contributed by atoms with E-state index < -0.39 is 5.97 Å². The zero-order valence-electron chi connectivity index (χ0n) is 5.52. The largest absolute Gasteiger partial charge is 0.432 e. The topological polar surface area (TPSA) is 26.3 Å².